The number of aromatic nitrogens is 1. The van der Waals surface area contributed by atoms with E-state index >= 15 is 0 Å². The predicted molar refractivity (Wildman–Crippen MR) is 57.2 cm³/mol. The molecule has 0 saturated carbocycles. The van der Waals surface area contributed by atoms with E-state index in [1.807, 2.05) is 20.8 Å². The normalized spacial score (nSPS) is 13.6. The van der Waals surface area contributed by atoms with Gasteiger partial charge in [0.1, 0.15) is 12.0 Å². The van der Waals surface area contributed by atoms with Crippen LogP contribution in [0.5, 0.6) is 0 Å². The molecule has 5 heteroatoms. The van der Waals surface area contributed by atoms with E-state index in [0.717, 1.165) is 0 Å². The van der Waals surface area contributed by atoms with Crippen LogP contribution in [-0.2, 0) is 4.79 Å². The van der Waals surface area contributed by atoms with E-state index in [-0.39, 0.29) is 23.8 Å². The highest BCUT2D eigenvalue weighted by atomic mass is 16.5. The third kappa shape index (κ3) is 3.71. The quantitative estimate of drug-likeness (QED) is 0.791. The van der Waals surface area contributed by atoms with E-state index in [1.54, 1.807) is 0 Å². The van der Waals surface area contributed by atoms with Crippen LogP contribution in [0.15, 0.2) is 17.0 Å². The number of amides is 1. The minimum Gasteiger partial charge on any atom is -0.363 e. The van der Waals surface area contributed by atoms with Crippen LogP contribution < -0.4 is 11.1 Å². The molecule has 0 aliphatic heterocycles. The summed E-state index contributed by atoms with van der Waals surface area (Å²) in [4.78, 5) is 11.5. The fourth-order valence-corrected chi connectivity index (χ4v) is 0.985. The molecule has 84 valence electrons. The molecule has 0 spiro atoms. The predicted octanol–water partition coefficient (Wildman–Crippen LogP) is 1.38. The SMILES string of the molecule is CC(C)(C)C(N)CC(=O)Nc1cnoc1. The number of rotatable bonds is 3. The van der Waals surface area contributed by atoms with Crippen LogP contribution >= 0.6 is 0 Å². The summed E-state index contributed by atoms with van der Waals surface area (Å²) in [5.74, 6) is -0.124. The van der Waals surface area contributed by atoms with Crippen molar-refractivity contribution in [3.8, 4) is 0 Å². The Morgan fingerprint density at radius 2 is 2.33 bits per heavy atom. The lowest BCUT2D eigenvalue weighted by Crippen LogP contribution is -2.38. The third-order valence-electron chi connectivity index (χ3n) is 2.23. The average Bonchev–Trinajstić information content (AvgIpc) is 2.54. The zero-order valence-electron chi connectivity index (χ0n) is 9.28. The smallest absolute Gasteiger partial charge is 0.226 e. The first-order valence-corrected chi connectivity index (χ1v) is 4.84. The van der Waals surface area contributed by atoms with Crippen LogP contribution in [0.25, 0.3) is 0 Å². The number of hydrogen-bond donors (Lipinski definition) is 2. The summed E-state index contributed by atoms with van der Waals surface area (Å²) < 4.78 is 4.59. The Balaban J connectivity index is 2.43. The molecule has 1 amide bonds. The monoisotopic (exact) mass is 211 g/mol. The first-order chi connectivity index (χ1) is 6.89. The Bertz CT molecular complexity index is 314. The molecule has 0 aliphatic carbocycles. The summed E-state index contributed by atoms with van der Waals surface area (Å²) in [7, 11) is 0. The topological polar surface area (TPSA) is 81.2 Å². The van der Waals surface area contributed by atoms with Crippen LogP contribution in [0.3, 0.4) is 0 Å². The number of nitrogens with two attached hydrogens (primary N) is 1. The maximum atomic E-state index is 11.5. The van der Waals surface area contributed by atoms with Crippen molar-refractivity contribution in [1.82, 2.24) is 5.16 Å². The van der Waals surface area contributed by atoms with Gasteiger partial charge in [-0.1, -0.05) is 25.9 Å². The highest BCUT2D eigenvalue weighted by molar-refractivity contribution is 5.90. The molecule has 0 aliphatic rings. The van der Waals surface area contributed by atoms with Crippen molar-refractivity contribution in [3.05, 3.63) is 12.5 Å². The molecule has 1 aromatic heterocycles. The molecule has 3 N–H and O–H groups in total. The number of nitrogens with zero attached hydrogens (tertiary/aromatic N) is 1. The van der Waals surface area contributed by atoms with Gasteiger partial charge in [0.25, 0.3) is 0 Å². The van der Waals surface area contributed by atoms with E-state index in [2.05, 4.69) is 15.0 Å². The molecule has 1 atom stereocenters. The van der Waals surface area contributed by atoms with E-state index < -0.39 is 0 Å². The van der Waals surface area contributed by atoms with E-state index in [1.165, 1.54) is 12.5 Å². The molecule has 0 saturated heterocycles. The van der Waals surface area contributed by atoms with Crippen LogP contribution in [0.1, 0.15) is 27.2 Å². The Kier molecular flexibility index (Phi) is 3.47. The van der Waals surface area contributed by atoms with Gasteiger partial charge in [0, 0.05) is 12.5 Å². The van der Waals surface area contributed by atoms with Gasteiger partial charge in [-0.25, -0.2) is 0 Å². The summed E-state index contributed by atoms with van der Waals surface area (Å²) in [6, 6.07) is -0.169. The summed E-state index contributed by atoms with van der Waals surface area (Å²) in [5, 5.41) is 6.13. The Hall–Kier alpha value is -1.36. The highest BCUT2D eigenvalue weighted by Crippen LogP contribution is 2.20. The number of anilines is 1. The standard InChI is InChI=1S/C10H17N3O2/c1-10(2,3)8(11)4-9(14)13-7-5-12-15-6-7/h5-6,8H,4,11H2,1-3H3,(H,13,14). The number of carbonyl (C=O) groups excluding carboxylic acids is 1. The van der Waals surface area contributed by atoms with Crippen molar-refractivity contribution >= 4 is 11.6 Å². The first kappa shape index (κ1) is 11.7. The average molecular weight is 211 g/mol. The van der Waals surface area contributed by atoms with Crippen molar-refractivity contribution < 1.29 is 9.32 Å². The fraction of sp³-hybridized carbons (Fsp3) is 0.600. The molecule has 0 radical (unpaired) electrons. The van der Waals surface area contributed by atoms with Gasteiger partial charge in [0.2, 0.25) is 5.91 Å². The molecule has 1 aromatic rings. The van der Waals surface area contributed by atoms with Gasteiger partial charge in [0.15, 0.2) is 0 Å². The minimum atomic E-state index is -0.169. The third-order valence-corrected chi connectivity index (χ3v) is 2.23. The molecule has 15 heavy (non-hydrogen) atoms. The van der Waals surface area contributed by atoms with Crippen molar-refractivity contribution in [2.75, 3.05) is 5.32 Å². The summed E-state index contributed by atoms with van der Waals surface area (Å²) in [6.45, 7) is 6.01. The molecule has 1 unspecified atom stereocenters. The second kappa shape index (κ2) is 4.44. The first-order valence-electron chi connectivity index (χ1n) is 4.84. The zero-order chi connectivity index (χ0) is 11.5. The molecular formula is C10H17N3O2. The molecule has 1 rings (SSSR count). The van der Waals surface area contributed by atoms with Gasteiger partial charge in [-0.3, -0.25) is 4.79 Å². The summed E-state index contributed by atoms with van der Waals surface area (Å²) >= 11 is 0. The zero-order valence-corrected chi connectivity index (χ0v) is 9.28. The highest BCUT2D eigenvalue weighted by Gasteiger charge is 2.23. The van der Waals surface area contributed by atoms with Crippen molar-refractivity contribution in [2.45, 2.75) is 33.2 Å². The number of nitrogens with one attached hydrogen (secondary N) is 1. The van der Waals surface area contributed by atoms with Gasteiger partial charge in [-0.05, 0) is 5.41 Å². The molecular weight excluding hydrogens is 194 g/mol. The van der Waals surface area contributed by atoms with Gasteiger partial charge in [0.05, 0.1) is 6.20 Å². The van der Waals surface area contributed by atoms with E-state index in [9.17, 15) is 4.79 Å². The van der Waals surface area contributed by atoms with Crippen molar-refractivity contribution in [1.29, 1.82) is 0 Å². The maximum absolute atomic E-state index is 11.5. The lowest BCUT2D eigenvalue weighted by molar-refractivity contribution is -0.117. The summed E-state index contributed by atoms with van der Waals surface area (Å²) in [6.07, 6.45) is 3.11. The molecule has 0 fully saturated rings. The number of carbonyl (C=O) groups is 1. The van der Waals surface area contributed by atoms with Crippen molar-refractivity contribution in [2.24, 2.45) is 11.1 Å². The maximum Gasteiger partial charge on any atom is 0.226 e. The van der Waals surface area contributed by atoms with Gasteiger partial charge >= 0.3 is 0 Å². The second-order valence-corrected chi connectivity index (χ2v) is 4.64. The molecule has 0 aromatic carbocycles. The van der Waals surface area contributed by atoms with Gasteiger partial charge in [-0.2, -0.15) is 0 Å². The van der Waals surface area contributed by atoms with Gasteiger partial charge < -0.3 is 15.6 Å². The molecule has 5 nitrogen and oxygen atoms in total. The lowest BCUT2D eigenvalue weighted by atomic mass is 9.85. The fourth-order valence-electron chi connectivity index (χ4n) is 0.985. The van der Waals surface area contributed by atoms with Crippen LogP contribution in [0, 0.1) is 5.41 Å². The van der Waals surface area contributed by atoms with Crippen molar-refractivity contribution in [3.63, 3.8) is 0 Å². The summed E-state index contributed by atoms with van der Waals surface area (Å²) in [5.41, 5.74) is 6.36. The Morgan fingerprint density at radius 3 is 2.80 bits per heavy atom. The van der Waals surface area contributed by atoms with E-state index in [0.29, 0.717) is 5.69 Å². The Morgan fingerprint density at radius 1 is 1.67 bits per heavy atom. The van der Waals surface area contributed by atoms with Crippen LogP contribution in [0.2, 0.25) is 0 Å². The van der Waals surface area contributed by atoms with Crippen LogP contribution in [-0.4, -0.2) is 17.1 Å². The molecule has 0 bridgehead atoms. The lowest BCUT2D eigenvalue weighted by Gasteiger charge is -2.26. The largest absolute Gasteiger partial charge is 0.363 e. The van der Waals surface area contributed by atoms with E-state index in [4.69, 9.17) is 5.73 Å². The minimum absolute atomic E-state index is 0.0774. The van der Waals surface area contributed by atoms with Gasteiger partial charge in [-0.15, -0.1) is 0 Å². The second-order valence-electron chi connectivity index (χ2n) is 4.64. The Labute approximate surface area is 89.0 Å². The van der Waals surface area contributed by atoms with Crippen LogP contribution in [0.4, 0.5) is 5.69 Å². The molecule has 1 heterocycles. The number of hydrogen-bond acceptors (Lipinski definition) is 4.